The SMILES string of the molecule is C=C[C@@H]1C[C@]1(CC(=O)[C@@H]1C[C@@](C)(Oc2ncc(OC)c3ccc(Cl)cc23)CN1C(=O)[C@@H](CC(=O)OC(C)(C)C)C(C)(C)C)C(=O)NS(=O)(=O)C1CC1. The molecule has 0 bridgehead atoms. The number of ketones is 1. The zero-order valence-electron chi connectivity index (χ0n) is 31.2. The number of carbonyl (C=O) groups is 4. The van der Waals surface area contributed by atoms with Crippen molar-refractivity contribution in [3.8, 4) is 11.6 Å². The second kappa shape index (κ2) is 13.9. The van der Waals surface area contributed by atoms with Gasteiger partial charge in [-0.1, -0.05) is 38.4 Å². The number of allylic oxidation sites excluding steroid dienone is 1. The first kappa shape index (κ1) is 39.5. The Bertz CT molecular complexity index is 1900. The van der Waals surface area contributed by atoms with Gasteiger partial charge in [-0.2, -0.15) is 0 Å². The first-order chi connectivity index (χ1) is 24.0. The van der Waals surface area contributed by atoms with Gasteiger partial charge in [0.05, 0.1) is 48.9 Å². The Balaban J connectivity index is 1.50. The fourth-order valence-corrected chi connectivity index (χ4v) is 8.67. The number of halogens is 1. The number of hydrogen-bond acceptors (Lipinski definition) is 10. The molecule has 2 aromatic rings. The monoisotopic (exact) mass is 759 g/mol. The van der Waals surface area contributed by atoms with E-state index < -0.39 is 78.7 Å². The lowest BCUT2D eigenvalue weighted by Crippen LogP contribution is -2.49. The summed E-state index contributed by atoms with van der Waals surface area (Å²) < 4.78 is 45.4. The maximum Gasteiger partial charge on any atom is 0.307 e. The van der Waals surface area contributed by atoms with E-state index in [1.807, 2.05) is 20.8 Å². The highest BCUT2D eigenvalue weighted by Crippen LogP contribution is 2.57. The maximum absolute atomic E-state index is 14.7. The van der Waals surface area contributed by atoms with Gasteiger partial charge in [0.1, 0.15) is 17.0 Å². The van der Waals surface area contributed by atoms with Gasteiger partial charge in [-0.3, -0.25) is 23.9 Å². The number of hydrogen-bond donors (Lipinski definition) is 1. The van der Waals surface area contributed by atoms with Gasteiger partial charge in [-0.15, -0.1) is 6.58 Å². The number of ether oxygens (including phenoxy) is 3. The fraction of sp³-hybridized carbons (Fsp3) is 0.605. The van der Waals surface area contributed by atoms with E-state index in [4.69, 9.17) is 25.8 Å². The second-order valence-corrected chi connectivity index (χ2v) is 19.2. The zero-order chi connectivity index (χ0) is 38.6. The number of nitrogens with zero attached hydrogens (tertiary/aromatic N) is 2. The van der Waals surface area contributed by atoms with Crippen molar-refractivity contribution in [2.45, 2.75) is 109 Å². The number of likely N-dealkylation sites (tertiary alicyclic amines) is 1. The molecule has 0 unspecified atom stereocenters. The highest BCUT2D eigenvalue weighted by Gasteiger charge is 2.62. The number of nitrogens with one attached hydrogen (secondary N) is 1. The van der Waals surface area contributed by atoms with Crippen LogP contribution in [0.3, 0.4) is 0 Å². The highest BCUT2D eigenvalue weighted by atomic mass is 35.5. The molecule has 2 saturated carbocycles. The summed E-state index contributed by atoms with van der Waals surface area (Å²) in [5, 5.41) is 1.08. The molecule has 1 aromatic heterocycles. The minimum Gasteiger partial charge on any atom is -0.494 e. The largest absolute Gasteiger partial charge is 0.494 e. The molecule has 3 aliphatic rings. The van der Waals surface area contributed by atoms with Crippen molar-refractivity contribution in [2.24, 2.45) is 22.7 Å². The van der Waals surface area contributed by atoms with Crippen LogP contribution in [-0.2, 0) is 33.9 Å². The maximum atomic E-state index is 14.7. The molecule has 2 amide bonds. The van der Waals surface area contributed by atoms with Crippen molar-refractivity contribution in [2.75, 3.05) is 13.7 Å². The van der Waals surface area contributed by atoms with Crippen LogP contribution >= 0.6 is 11.6 Å². The molecule has 52 heavy (non-hydrogen) atoms. The Morgan fingerprint density at radius 3 is 2.35 bits per heavy atom. The third-order valence-corrected chi connectivity index (χ3v) is 12.2. The van der Waals surface area contributed by atoms with E-state index in [1.165, 1.54) is 18.2 Å². The van der Waals surface area contributed by atoms with Gasteiger partial charge in [0.15, 0.2) is 5.78 Å². The molecular formula is C38H50ClN3O9S. The van der Waals surface area contributed by atoms with Gasteiger partial charge in [0, 0.05) is 28.6 Å². The Kier molecular flexibility index (Phi) is 10.6. The predicted octanol–water partition coefficient (Wildman–Crippen LogP) is 5.79. The lowest BCUT2D eigenvalue weighted by Gasteiger charge is -2.35. The third kappa shape index (κ3) is 8.40. The second-order valence-electron chi connectivity index (χ2n) is 16.8. The van der Waals surface area contributed by atoms with Crippen molar-refractivity contribution >= 4 is 56.0 Å². The van der Waals surface area contributed by atoms with E-state index in [0.717, 1.165) is 0 Å². The van der Waals surface area contributed by atoms with Crippen molar-refractivity contribution < 1.29 is 41.8 Å². The summed E-state index contributed by atoms with van der Waals surface area (Å²) in [6.07, 6.45) is 3.77. The van der Waals surface area contributed by atoms with E-state index in [-0.39, 0.29) is 38.1 Å². The minimum atomic E-state index is -3.87. The van der Waals surface area contributed by atoms with Crippen LogP contribution in [0.15, 0.2) is 37.1 Å². The zero-order valence-corrected chi connectivity index (χ0v) is 32.8. The molecule has 284 valence electrons. The fourth-order valence-electron chi connectivity index (χ4n) is 7.11. The normalized spacial score (nSPS) is 25.3. The van der Waals surface area contributed by atoms with Crippen molar-refractivity contribution in [3.63, 3.8) is 0 Å². The molecule has 14 heteroatoms. The molecular weight excluding hydrogens is 710 g/mol. The number of pyridine rings is 1. The Hall–Kier alpha value is -3.71. The van der Waals surface area contributed by atoms with Gasteiger partial charge in [0.25, 0.3) is 0 Å². The van der Waals surface area contributed by atoms with Crippen LogP contribution in [0, 0.1) is 22.7 Å². The molecule has 1 aromatic carbocycles. The first-order valence-corrected chi connectivity index (χ1v) is 19.5. The first-order valence-electron chi connectivity index (χ1n) is 17.6. The molecule has 1 N–H and O–H groups in total. The molecule has 0 spiro atoms. The predicted molar refractivity (Wildman–Crippen MR) is 196 cm³/mol. The summed E-state index contributed by atoms with van der Waals surface area (Å²) >= 11 is 6.37. The van der Waals surface area contributed by atoms with Crippen LogP contribution in [-0.4, -0.2) is 78.0 Å². The number of carbonyl (C=O) groups excluding carboxylic acids is 4. The van der Waals surface area contributed by atoms with Crippen molar-refractivity contribution in [3.05, 3.63) is 42.1 Å². The molecule has 5 rings (SSSR count). The van der Waals surface area contributed by atoms with E-state index in [1.54, 1.807) is 52.0 Å². The van der Waals surface area contributed by atoms with E-state index in [2.05, 4.69) is 16.3 Å². The van der Waals surface area contributed by atoms with Crippen LogP contribution in [0.2, 0.25) is 5.02 Å². The molecule has 1 aliphatic heterocycles. The van der Waals surface area contributed by atoms with Crippen molar-refractivity contribution in [1.29, 1.82) is 0 Å². The van der Waals surface area contributed by atoms with Gasteiger partial charge < -0.3 is 19.1 Å². The van der Waals surface area contributed by atoms with Gasteiger partial charge in [-0.05, 0) is 76.5 Å². The average Bonchev–Trinajstić information content (AvgIpc) is 3.95. The van der Waals surface area contributed by atoms with Gasteiger partial charge in [0.2, 0.25) is 27.7 Å². The lowest BCUT2D eigenvalue weighted by molar-refractivity contribution is -0.161. The summed E-state index contributed by atoms with van der Waals surface area (Å²) in [4.78, 5) is 61.8. The van der Waals surface area contributed by atoms with Crippen LogP contribution in [0.5, 0.6) is 11.6 Å². The molecule has 3 fully saturated rings. The standard InChI is InChI=1S/C38H50ClN3O9S/c1-10-22-17-38(22,34(46)41-52(47,48)24-12-13-24)19-29(43)28-18-37(8,51-32-26-15-23(39)11-14-25(26)30(49-9)20-40-32)21-42(28)33(45)27(35(2,3)4)16-31(44)50-36(5,6)7/h10-11,14-15,20,22,24,27-28H,1,12-13,16-19,21H2,2-9H3,(H,41,46)/t22-,27-,28+,37-,38-/m1/s1. The third-order valence-electron chi connectivity index (χ3n) is 10.2. The molecule has 5 atom stereocenters. The summed E-state index contributed by atoms with van der Waals surface area (Å²) in [6.45, 7) is 16.3. The summed E-state index contributed by atoms with van der Waals surface area (Å²) in [5.41, 5.74) is -3.96. The number of esters is 1. The van der Waals surface area contributed by atoms with E-state index >= 15 is 0 Å². The molecule has 12 nitrogen and oxygen atoms in total. The van der Waals surface area contributed by atoms with Gasteiger partial charge in [-0.25, -0.2) is 13.4 Å². The Labute approximate surface area is 311 Å². The smallest absolute Gasteiger partial charge is 0.307 e. The van der Waals surface area contributed by atoms with Crippen LogP contribution < -0.4 is 14.2 Å². The summed E-state index contributed by atoms with van der Waals surface area (Å²) in [7, 11) is -2.35. The topological polar surface area (TPSA) is 158 Å². The van der Waals surface area contributed by atoms with Crippen LogP contribution in [0.1, 0.15) is 87.0 Å². The van der Waals surface area contributed by atoms with Crippen molar-refractivity contribution in [1.82, 2.24) is 14.6 Å². The highest BCUT2D eigenvalue weighted by molar-refractivity contribution is 7.90. The quantitative estimate of drug-likeness (QED) is 0.196. The average molecular weight is 760 g/mol. The number of amides is 2. The lowest BCUT2D eigenvalue weighted by atomic mass is 9.77. The molecule has 1 saturated heterocycles. The number of sulfonamides is 1. The number of aromatic nitrogens is 1. The number of fused-ring (bicyclic) bond motifs is 1. The van der Waals surface area contributed by atoms with E-state index in [0.29, 0.717) is 34.4 Å². The number of methoxy groups -OCH3 is 1. The Morgan fingerprint density at radius 1 is 1.12 bits per heavy atom. The molecule has 2 aliphatic carbocycles. The number of benzene rings is 1. The summed E-state index contributed by atoms with van der Waals surface area (Å²) in [5.74, 6) is -2.73. The van der Waals surface area contributed by atoms with Crippen LogP contribution in [0.25, 0.3) is 10.8 Å². The molecule has 0 radical (unpaired) electrons. The number of rotatable bonds is 13. The Morgan fingerprint density at radius 2 is 1.79 bits per heavy atom. The van der Waals surface area contributed by atoms with Crippen LogP contribution in [0.4, 0.5) is 0 Å². The van der Waals surface area contributed by atoms with Gasteiger partial charge >= 0.3 is 5.97 Å². The summed E-state index contributed by atoms with van der Waals surface area (Å²) in [6, 6.07) is 4.14. The molecule has 2 heterocycles. The minimum absolute atomic E-state index is 0.0352. The number of Topliss-reactive ketones (excluding diaryl/α,β-unsaturated/α-hetero) is 1. The van der Waals surface area contributed by atoms with E-state index in [9.17, 15) is 27.6 Å².